The Morgan fingerprint density at radius 1 is 1.19 bits per heavy atom. The van der Waals surface area contributed by atoms with Crippen molar-refractivity contribution in [2.24, 2.45) is 0 Å². The van der Waals surface area contributed by atoms with Gasteiger partial charge in [-0.05, 0) is 36.1 Å². The minimum atomic E-state index is -0.0731. The zero-order valence-electron chi connectivity index (χ0n) is 14.7. The average Bonchev–Trinajstić information content (AvgIpc) is 3.48. The van der Waals surface area contributed by atoms with Crippen LogP contribution in [0.1, 0.15) is 30.1 Å². The van der Waals surface area contributed by atoms with Gasteiger partial charge in [-0.3, -0.25) is 0 Å². The van der Waals surface area contributed by atoms with Gasteiger partial charge in [-0.2, -0.15) is 0 Å². The number of carbonyl (C=O) groups excluding carboxylic acids is 1. The van der Waals surface area contributed by atoms with Gasteiger partial charge in [0.25, 0.3) is 0 Å². The fraction of sp³-hybridized carbons (Fsp3) is 0.381. The summed E-state index contributed by atoms with van der Waals surface area (Å²) >= 11 is 3.50. The standard InChI is InChI=1S/C21H23BrN2O2/c22-18-8-4-5-16(13-18)19-14-24(11-12-26-19)20(25)23-15-21(9-10-21)17-6-2-1-3-7-17/h1-8,13,19H,9-12,14-15H2,(H,23,25). The van der Waals surface area contributed by atoms with E-state index in [0.717, 1.165) is 22.9 Å². The molecule has 1 heterocycles. The number of ether oxygens (including phenoxy) is 1. The Morgan fingerprint density at radius 3 is 2.73 bits per heavy atom. The molecule has 0 bridgehead atoms. The number of rotatable bonds is 4. The summed E-state index contributed by atoms with van der Waals surface area (Å²) in [5.41, 5.74) is 2.56. The summed E-state index contributed by atoms with van der Waals surface area (Å²) in [6.45, 7) is 2.48. The molecule has 1 aliphatic carbocycles. The average molecular weight is 415 g/mol. The highest BCUT2D eigenvalue weighted by atomic mass is 79.9. The van der Waals surface area contributed by atoms with Gasteiger partial charge in [0.2, 0.25) is 0 Å². The topological polar surface area (TPSA) is 41.6 Å². The van der Waals surface area contributed by atoms with Gasteiger partial charge in [-0.25, -0.2) is 4.79 Å². The van der Waals surface area contributed by atoms with E-state index in [0.29, 0.717) is 26.2 Å². The second kappa shape index (κ2) is 7.41. The minimum absolute atomic E-state index is 0.00972. The second-order valence-electron chi connectivity index (χ2n) is 7.17. The molecule has 2 fully saturated rings. The second-order valence-corrected chi connectivity index (χ2v) is 8.08. The number of nitrogens with one attached hydrogen (secondary N) is 1. The zero-order chi connectivity index (χ0) is 18.0. The van der Waals surface area contributed by atoms with E-state index >= 15 is 0 Å². The van der Waals surface area contributed by atoms with Gasteiger partial charge in [0.05, 0.1) is 13.2 Å². The number of urea groups is 1. The molecule has 0 radical (unpaired) electrons. The molecule has 2 amide bonds. The van der Waals surface area contributed by atoms with Crippen LogP contribution in [0.3, 0.4) is 0 Å². The van der Waals surface area contributed by atoms with Gasteiger partial charge in [0.15, 0.2) is 0 Å². The van der Waals surface area contributed by atoms with Gasteiger partial charge in [0.1, 0.15) is 6.10 Å². The minimum Gasteiger partial charge on any atom is -0.370 e. The molecular formula is C21H23BrN2O2. The zero-order valence-corrected chi connectivity index (χ0v) is 16.2. The molecule has 1 saturated heterocycles. The summed E-state index contributed by atoms with van der Waals surface area (Å²) in [4.78, 5) is 14.6. The molecule has 1 aliphatic heterocycles. The molecule has 1 N–H and O–H groups in total. The van der Waals surface area contributed by atoms with Crippen molar-refractivity contribution in [1.29, 1.82) is 0 Å². The van der Waals surface area contributed by atoms with E-state index in [1.807, 2.05) is 29.2 Å². The number of morpholine rings is 1. The van der Waals surface area contributed by atoms with Crippen LogP contribution in [0.2, 0.25) is 0 Å². The number of hydrogen-bond acceptors (Lipinski definition) is 2. The summed E-state index contributed by atoms with van der Waals surface area (Å²) in [7, 11) is 0. The summed E-state index contributed by atoms with van der Waals surface area (Å²) in [6.07, 6.45) is 2.21. The van der Waals surface area contributed by atoms with Crippen LogP contribution in [0.5, 0.6) is 0 Å². The largest absolute Gasteiger partial charge is 0.370 e. The van der Waals surface area contributed by atoms with Crippen LogP contribution >= 0.6 is 15.9 Å². The van der Waals surface area contributed by atoms with Crippen molar-refractivity contribution in [3.63, 3.8) is 0 Å². The first kappa shape index (κ1) is 17.6. The van der Waals surface area contributed by atoms with Crippen LogP contribution in [0.4, 0.5) is 4.79 Å². The third-order valence-corrected chi connectivity index (χ3v) is 5.89. The Labute approximate surface area is 162 Å². The fourth-order valence-electron chi connectivity index (χ4n) is 3.61. The van der Waals surface area contributed by atoms with Crippen LogP contribution in [0, 0.1) is 0 Å². The van der Waals surface area contributed by atoms with Crippen LogP contribution in [-0.2, 0) is 10.2 Å². The summed E-state index contributed by atoms with van der Waals surface area (Å²) in [5, 5.41) is 3.16. The number of halogens is 1. The Kier molecular flexibility index (Phi) is 5.00. The molecule has 2 aromatic rings. The number of benzene rings is 2. The third kappa shape index (κ3) is 3.79. The molecule has 4 nitrogen and oxygen atoms in total. The first-order valence-electron chi connectivity index (χ1n) is 9.12. The van der Waals surface area contributed by atoms with Gasteiger partial charge in [0, 0.05) is 23.0 Å². The number of nitrogens with zero attached hydrogens (tertiary/aromatic N) is 1. The van der Waals surface area contributed by atoms with Crippen molar-refractivity contribution >= 4 is 22.0 Å². The summed E-state index contributed by atoms with van der Waals surface area (Å²) in [6, 6.07) is 18.6. The first-order chi connectivity index (χ1) is 12.7. The number of amides is 2. The molecule has 0 spiro atoms. The molecule has 2 aromatic carbocycles. The Morgan fingerprint density at radius 2 is 2.00 bits per heavy atom. The van der Waals surface area contributed by atoms with Crippen molar-refractivity contribution in [2.45, 2.75) is 24.4 Å². The SMILES string of the molecule is O=C(NCC1(c2ccccc2)CC1)N1CCOC(c2cccc(Br)c2)C1. The highest BCUT2D eigenvalue weighted by molar-refractivity contribution is 9.10. The molecule has 0 aromatic heterocycles. The van der Waals surface area contributed by atoms with Gasteiger partial charge < -0.3 is 15.0 Å². The number of carbonyl (C=O) groups is 1. The first-order valence-corrected chi connectivity index (χ1v) is 9.91. The fourth-order valence-corrected chi connectivity index (χ4v) is 4.03. The Balaban J connectivity index is 1.36. The Hall–Kier alpha value is -1.85. The highest BCUT2D eigenvalue weighted by Crippen LogP contribution is 2.47. The van der Waals surface area contributed by atoms with E-state index in [1.54, 1.807) is 0 Å². The molecule has 1 saturated carbocycles. The number of hydrogen-bond donors (Lipinski definition) is 1. The molecule has 2 aliphatic rings. The highest BCUT2D eigenvalue weighted by Gasteiger charge is 2.44. The van der Waals surface area contributed by atoms with Crippen molar-refractivity contribution < 1.29 is 9.53 Å². The van der Waals surface area contributed by atoms with E-state index in [2.05, 4.69) is 51.6 Å². The monoisotopic (exact) mass is 414 g/mol. The molecule has 26 heavy (non-hydrogen) atoms. The van der Waals surface area contributed by atoms with Crippen molar-refractivity contribution in [1.82, 2.24) is 10.2 Å². The molecule has 136 valence electrons. The summed E-state index contributed by atoms with van der Waals surface area (Å²) < 4.78 is 6.91. The molecule has 5 heteroatoms. The maximum Gasteiger partial charge on any atom is 0.317 e. The van der Waals surface area contributed by atoms with E-state index in [1.165, 1.54) is 5.56 Å². The van der Waals surface area contributed by atoms with Gasteiger partial charge >= 0.3 is 6.03 Å². The smallest absolute Gasteiger partial charge is 0.317 e. The van der Waals surface area contributed by atoms with Gasteiger partial charge in [-0.1, -0.05) is 58.4 Å². The van der Waals surface area contributed by atoms with Crippen LogP contribution in [-0.4, -0.2) is 37.2 Å². The third-order valence-electron chi connectivity index (χ3n) is 5.39. The van der Waals surface area contributed by atoms with Crippen molar-refractivity contribution in [2.75, 3.05) is 26.2 Å². The quantitative estimate of drug-likeness (QED) is 0.811. The normalized spacial score (nSPS) is 21.3. The lowest BCUT2D eigenvalue weighted by Gasteiger charge is -2.33. The van der Waals surface area contributed by atoms with Crippen molar-refractivity contribution in [3.05, 3.63) is 70.2 Å². The van der Waals surface area contributed by atoms with Crippen molar-refractivity contribution in [3.8, 4) is 0 Å². The summed E-state index contributed by atoms with van der Waals surface area (Å²) in [5.74, 6) is 0. The molecule has 4 rings (SSSR count). The maximum atomic E-state index is 12.7. The van der Waals surface area contributed by atoms with Crippen LogP contribution in [0.15, 0.2) is 59.1 Å². The van der Waals surface area contributed by atoms with E-state index in [4.69, 9.17) is 4.74 Å². The lowest BCUT2D eigenvalue weighted by Crippen LogP contribution is -2.48. The van der Waals surface area contributed by atoms with E-state index in [-0.39, 0.29) is 17.6 Å². The Bertz CT molecular complexity index is 777. The maximum absolute atomic E-state index is 12.7. The van der Waals surface area contributed by atoms with Gasteiger partial charge in [-0.15, -0.1) is 0 Å². The predicted octanol–water partition coefficient (Wildman–Crippen LogP) is 4.26. The molecular weight excluding hydrogens is 392 g/mol. The predicted molar refractivity (Wildman–Crippen MR) is 105 cm³/mol. The van der Waals surface area contributed by atoms with Crippen LogP contribution < -0.4 is 5.32 Å². The lowest BCUT2D eigenvalue weighted by molar-refractivity contribution is -0.0155. The lowest BCUT2D eigenvalue weighted by atomic mass is 9.96. The molecule has 1 atom stereocenters. The van der Waals surface area contributed by atoms with Crippen LogP contribution in [0.25, 0.3) is 0 Å². The van der Waals surface area contributed by atoms with E-state index < -0.39 is 0 Å². The van der Waals surface area contributed by atoms with E-state index in [9.17, 15) is 4.79 Å². The molecule has 1 unspecified atom stereocenters.